The molecule has 3 unspecified atom stereocenters. The molecule has 61 heavy (non-hydrogen) atoms. The Morgan fingerprint density at radius 3 is 1.51 bits per heavy atom. The van der Waals surface area contributed by atoms with Crippen LogP contribution in [0.25, 0.3) is 0 Å². The molecule has 346 valence electrons. The molecule has 0 aliphatic rings. The summed E-state index contributed by atoms with van der Waals surface area (Å²) in [7, 11) is 0. The van der Waals surface area contributed by atoms with Crippen LogP contribution in [0.15, 0.2) is 109 Å². The van der Waals surface area contributed by atoms with Crippen molar-refractivity contribution in [3.05, 3.63) is 109 Å². The van der Waals surface area contributed by atoms with Crippen LogP contribution in [0.4, 0.5) is 0 Å². The fourth-order valence-electron chi connectivity index (χ4n) is 6.72. The summed E-state index contributed by atoms with van der Waals surface area (Å²) >= 11 is 0. The van der Waals surface area contributed by atoms with Crippen LogP contribution in [0, 0.1) is 0 Å². The van der Waals surface area contributed by atoms with Gasteiger partial charge in [0.1, 0.15) is 6.10 Å². The van der Waals surface area contributed by atoms with E-state index < -0.39 is 18.2 Å². The third kappa shape index (κ3) is 43.0. The minimum atomic E-state index is -0.827. The summed E-state index contributed by atoms with van der Waals surface area (Å²) in [6.45, 7) is 6.17. The van der Waals surface area contributed by atoms with Gasteiger partial charge in [-0.25, -0.2) is 0 Å². The van der Waals surface area contributed by atoms with Crippen molar-refractivity contribution in [2.45, 2.75) is 219 Å². The maximum Gasteiger partial charge on any atom is 0.306 e. The highest BCUT2D eigenvalue weighted by Gasteiger charge is 2.23. The van der Waals surface area contributed by atoms with E-state index in [2.05, 4.69) is 123 Å². The van der Waals surface area contributed by atoms with Gasteiger partial charge in [-0.1, -0.05) is 220 Å². The Labute approximate surface area is 375 Å². The zero-order valence-corrected chi connectivity index (χ0v) is 39.2. The van der Waals surface area contributed by atoms with Crippen LogP contribution in [0.5, 0.6) is 0 Å². The third-order valence-electron chi connectivity index (χ3n) is 10.4. The van der Waals surface area contributed by atoms with Crippen molar-refractivity contribution in [3.8, 4) is 0 Å². The van der Waals surface area contributed by atoms with Gasteiger partial charge >= 0.3 is 5.97 Å². The molecule has 0 aliphatic carbocycles. The summed E-state index contributed by atoms with van der Waals surface area (Å²) in [6, 6.07) is -0.751. The lowest BCUT2D eigenvalue weighted by molar-refractivity contribution is -0.148. The van der Waals surface area contributed by atoms with Gasteiger partial charge in [-0.15, -0.1) is 0 Å². The molecule has 0 aromatic rings. The zero-order chi connectivity index (χ0) is 44.5. The number of hydrogen-bond acceptors (Lipinski definition) is 5. The molecule has 1 amide bonds. The molecular formula is C55H91NO5. The summed E-state index contributed by atoms with van der Waals surface area (Å²) in [5.41, 5.74) is 0. The van der Waals surface area contributed by atoms with E-state index >= 15 is 0 Å². The molecule has 0 aromatic heterocycles. The first-order valence-electron chi connectivity index (χ1n) is 24.7. The predicted molar refractivity (Wildman–Crippen MR) is 263 cm³/mol. The van der Waals surface area contributed by atoms with Crippen molar-refractivity contribution >= 4 is 11.9 Å². The second-order valence-corrected chi connectivity index (χ2v) is 16.2. The van der Waals surface area contributed by atoms with Crippen LogP contribution in [0.3, 0.4) is 0 Å². The smallest absolute Gasteiger partial charge is 0.306 e. The molecule has 0 aromatic carbocycles. The van der Waals surface area contributed by atoms with Gasteiger partial charge in [-0.05, 0) is 76.7 Å². The van der Waals surface area contributed by atoms with E-state index in [1.54, 1.807) is 6.08 Å². The lowest BCUT2D eigenvalue weighted by Crippen LogP contribution is -2.46. The number of nitrogens with one attached hydrogen (secondary N) is 1. The van der Waals surface area contributed by atoms with Gasteiger partial charge in [0.05, 0.1) is 25.2 Å². The van der Waals surface area contributed by atoms with Crippen molar-refractivity contribution in [1.82, 2.24) is 5.32 Å². The minimum absolute atomic E-state index is 0.0588. The highest BCUT2D eigenvalue weighted by atomic mass is 16.5. The van der Waals surface area contributed by atoms with E-state index in [0.717, 1.165) is 83.5 Å². The summed E-state index contributed by atoms with van der Waals surface area (Å²) in [4.78, 5) is 26.0. The molecular weight excluding hydrogens is 755 g/mol. The largest absolute Gasteiger partial charge is 0.458 e. The monoisotopic (exact) mass is 846 g/mol. The van der Waals surface area contributed by atoms with Crippen LogP contribution >= 0.6 is 0 Å². The Bertz CT molecular complexity index is 1270. The van der Waals surface area contributed by atoms with E-state index in [-0.39, 0.29) is 24.9 Å². The van der Waals surface area contributed by atoms with Crippen LogP contribution in [0.1, 0.15) is 201 Å². The number of aliphatic hydroxyl groups excluding tert-OH is 2. The summed E-state index contributed by atoms with van der Waals surface area (Å²) < 4.78 is 5.81. The molecule has 3 N–H and O–H groups in total. The molecule has 6 nitrogen and oxygen atoms in total. The van der Waals surface area contributed by atoms with E-state index in [9.17, 15) is 19.8 Å². The molecule has 0 spiro atoms. The lowest BCUT2D eigenvalue weighted by atomic mass is 10.0. The summed E-state index contributed by atoms with van der Waals surface area (Å²) in [5, 5.41) is 23.6. The Kier molecular flexibility index (Phi) is 44.9. The first-order valence-corrected chi connectivity index (χ1v) is 24.7. The number of allylic oxidation sites excluding steroid dienone is 17. The Morgan fingerprint density at radius 1 is 0.525 bits per heavy atom. The molecule has 0 radical (unpaired) electrons. The molecule has 0 rings (SSSR count). The van der Waals surface area contributed by atoms with Crippen molar-refractivity contribution in [2.24, 2.45) is 0 Å². The van der Waals surface area contributed by atoms with Crippen molar-refractivity contribution in [2.75, 3.05) is 6.61 Å². The van der Waals surface area contributed by atoms with Gasteiger partial charge in [0.25, 0.3) is 0 Å². The summed E-state index contributed by atoms with van der Waals surface area (Å²) in [6.07, 6.45) is 64.6. The first-order chi connectivity index (χ1) is 30.0. The van der Waals surface area contributed by atoms with Crippen molar-refractivity contribution < 1.29 is 24.5 Å². The number of unbranched alkanes of at least 4 members (excludes halogenated alkanes) is 16. The van der Waals surface area contributed by atoms with Crippen LogP contribution in [-0.2, 0) is 14.3 Å². The maximum atomic E-state index is 13.1. The number of carbonyl (C=O) groups excluding carboxylic acids is 2. The highest BCUT2D eigenvalue weighted by Crippen LogP contribution is 2.15. The Hall–Kier alpha value is -3.48. The van der Waals surface area contributed by atoms with Gasteiger partial charge < -0.3 is 20.3 Å². The van der Waals surface area contributed by atoms with E-state index in [0.29, 0.717) is 19.3 Å². The number of hydrogen-bond donors (Lipinski definition) is 3. The number of ether oxygens (including phenoxy) is 1. The lowest BCUT2D eigenvalue weighted by Gasteiger charge is -2.23. The predicted octanol–water partition coefficient (Wildman–Crippen LogP) is 14.7. The number of carbonyl (C=O) groups is 2. The SMILES string of the molecule is CC/C=C\C/C=C\C/C=C\C/C=C\C/C=C\C/C=C\C(CC(=O)NC(CO)C(O)CCCCCCCCCCCC)OC(=O)CCCCCCCCC/C=C/C=C/C=C/CC. The fourth-order valence-corrected chi connectivity index (χ4v) is 6.72. The second-order valence-electron chi connectivity index (χ2n) is 16.2. The Balaban J connectivity index is 4.83. The first kappa shape index (κ1) is 57.5. The van der Waals surface area contributed by atoms with Crippen molar-refractivity contribution in [1.29, 1.82) is 0 Å². The van der Waals surface area contributed by atoms with Crippen LogP contribution in [-0.4, -0.2) is 46.9 Å². The van der Waals surface area contributed by atoms with Gasteiger partial charge in [-0.3, -0.25) is 9.59 Å². The van der Waals surface area contributed by atoms with E-state index in [1.807, 2.05) is 6.08 Å². The second kappa shape index (κ2) is 47.6. The molecule has 0 saturated heterocycles. The average Bonchev–Trinajstić information content (AvgIpc) is 3.25. The number of rotatable bonds is 42. The normalized spacial score (nSPS) is 14.2. The number of aliphatic hydroxyl groups is 2. The van der Waals surface area contributed by atoms with Gasteiger partial charge in [0.2, 0.25) is 5.91 Å². The Morgan fingerprint density at radius 2 is 0.984 bits per heavy atom. The molecule has 0 aliphatic heterocycles. The van der Waals surface area contributed by atoms with Crippen LogP contribution in [0.2, 0.25) is 0 Å². The zero-order valence-electron chi connectivity index (χ0n) is 39.2. The molecule has 6 heteroatoms. The minimum Gasteiger partial charge on any atom is -0.458 e. The molecule has 0 bridgehead atoms. The molecule has 0 heterocycles. The van der Waals surface area contributed by atoms with Gasteiger partial charge in [0, 0.05) is 6.42 Å². The maximum absolute atomic E-state index is 13.1. The van der Waals surface area contributed by atoms with E-state index in [4.69, 9.17) is 4.74 Å². The van der Waals surface area contributed by atoms with Crippen LogP contribution < -0.4 is 5.32 Å². The topological polar surface area (TPSA) is 95.9 Å². The number of esters is 1. The number of amides is 1. The quantitative estimate of drug-likeness (QED) is 0.0246. The highest BCUT2D eigenvalue weighted by molar-refractivity contribution is 5.78. The van der Waals surface area contributed by atoms with Crippen molar-refractivity contribution in [3.63, 3.8) is 0 Å². The third-order valence-corrected chi connectivity index (χ3v) is 10.4. The fraction of sp³-hybridized carbons (Fsp3) is 0.636. The molecule has 3 atom stereocenters. The molecule has 0 saturated carbocycles. The van der Waals surface area contributed by atoms with E-state index in [1.165, 1.54) is 70.6 Å². The molecule has 0 fully saturated rings. The van der Waals surface area contributed by atoms with Gasteiger partial charge in [-0.2, -0.15) is 0 Å². The average molecular weight is 846 g/mol. The van der Waals surface area contributed by atoms with Gasteiger partial charge in [0.15, 0.2) is 0 Å². The summed E-state index contributed by atoms with van der Waals surface area (Å²) in [5.74, 6) is -0.655. The standard InChI is InChI=1S/C55H91NO5/c1-4-7-10-13-16-19-22-24-26-27-29-30-32-34-37-40-43-46-51(61-55(60)48-45-42-39-36-33-31-28-25-23-20-17-14-11-8-5-2)49-54(59)56-52(50-57)53(58)47-44-41-38-35-21-18-15-12-9-6-3/h7-8,10-11,14,16-17,19-20,23-24,26,29-30,34,37,43,46,51-53,57-58H,4-6,9,12-13,15,18,21-22,25,27-28,31-33,35-36,38-42,44-45,47-50H2,1-3H3,(H,56,59)/b10-7-,11-8+,17-14+,19-16-,23-20+,26-24-,30-29-,37-34-,46-43-.